The summed E-state index contributed by atoms with van der Waals surface area (Å²) in [5, 5.41) is 8.10. The molecule has 0 saturated carbocycles. The zero-order valence-corrected chi connectivity index (χ0v) is 16.9. The molecule has 0 unspecified atom stereocenters. The van der Waals surface area contributed by atoms with Gasteiger partial charge in [0.05, 0.1) is 29.7 Å². The molecule has 0 spiro atoms. The molecule has 1 N–H and O–H groups in total. The lowest BCUT2D eigenvalue weighted by Gasteiger charge is -2.31. The van der Waals surface area contributed by atoms with Crippen molar-refractivity contribution in [2.45, 2.75) is 39.2 Å². The lowest BCUT2D eigenvalue weighted by atomic mass is 10.0. The van der Waals surface area contributed by atoms with Crippen molar-refractivity contribution in [1.29, 1.82) is 0 Å². The van der Waals surface area contributed by atoms with Gasteiger partial charge in [-0.05, 0) is 44.4 Å². The van der Waals surface area contributed by atoms with Crippen LogP contribution in [0.5, 0.6) is 0 Å². The number of amides is 2. The Morgan fingerprint density at radius 1 is 1.29 bits per heavy atom. The quantitative estimate of drug-likeness (QED) is 0.828. The molecule has 8 heteroatoms. The number of rotatable bonds is 5. The number of ether oxygens (including phenoxy) is 1. The minimum Gasteiger partial charge on any atom is -0.450 e. The van der Waals surface area contributed by atoms with E-state index in [9.17, 15) is 9.59 Å². The highest BCUT2D eigenvalue weighted by Gasteiger charge is 2.26. The molecule has 2 amide bonds. The molecule has 0 atom stereocenters. The van der Waals surface area contributed by atoms with Gasteiger partial charge in [-0.25, -0.2) is 9.48 Å². The van der Waals surface area contributed by atoms with Crippen LogP contribution in [0.1, 0.15) is 42.7 Å². The maximum Gasteiger partial charge on any atom is 0.409 e. The number of aromatic nitrogens is 2. The summed E-state index contributed by atoms with van der Waals surface area (Å²) in [6, 6.07) is 7.41. The van der Waals surface area contributed by atoms with Gasteiger partial charge in [0.15, 0.2) is 0 Å². The summed E-state index contributed by atoms with van der Waals surface area (Å²) in [5.74, 6) is -0.139. The van der Waals surface area contributed by atoms with Crippen LogP contribution in [0.15, 0.2) is 30.5 Å². The Balaban J connectivity index is 1.66. The maximum atomic E-state index is 12.8. The number of carbonyl (C=O) groups excluding carboxylic acids is 2. The van der Waals surface area contributed by atoms with Crippen molar-refractivity contribution in [1.82, 2.24) is 20.0 Å². The van der Waals surface area contributed by atoms with Crippen molar-refractivity contribution in [3.63, 3.8) is 0 Å². The molecular weight excluding hydrogens is 380 g/mol. The first-order valence-electron chi connectivity index (χ1n) is 9.58. The zero-order valence-electron chi connectivity index (χ0n) is 16.2. The molecule has 28 heavy (non-hydrogen) atoms. The fourth-order valence-corrected chi connectivity index (χ4v) is 3.60. The fourth-order valence-electron chi connectivity index (χ4n) is 3.42. The van der Waals surface area contributed by atoms with Crippen LogP contribution < -0.4 is 5.32 Å². The summed E-state index contributed by atoms with van der Waals surface area (Å²) in [6.45, 7) is 5.30. The molecular formula is C20H25ClN4O3. The van der Waals surface area contributed by atoms with Crippen molar-refractivity contribution in [2.24, 2.45) is 0 Å². The normalized spacial score (nSPS) is 14.8. The summed E-state index contributed by atoms with van der Waals surface area (Å²) in [5.41, 5.74) is 2.23. The molecule has 1 saturated heterocycles. The van der Waals surface area contributed by atoms with E-state index in [1.54, 1.807) is 28.8 Å². The van der Waals surface area contributed by atoms with E-state index in [1.807, 2.05) is 25.1 Å². The standard InChI is InChI=1S/C20H25ClN4O3/c1-3-18-17(13-22-25(18)16-7-5-6-14(21)12-16)19(26)23-15-8-10-24(11-9-15)20(27)28-4-2/h5-7,12-13,15H,3-4,8-11H2,1-2H3,(H,23,26). The van der Waals surface area contributed by atoms with Gasteiger partial charge in [0.25, 0.3) is 5.91 Å². The molecule has 1 aliphatic rings. The third-order valence-corrected chi connectivity index (χ3v) is 5.09. The Morgan fingerprint density at radius 2 is 2.04 bits per heavy atom. The second-order valence-electron chi connectivity index (χ2n) is 6.68. The van der Waals surface area contributed by atoms with E-state index in [0.29, 0.717) is 49.5 Å². The Bertz CT molecular complexity index is 844. The van der Waals surface area contributed by atoms with Gasteiger partial charge in [-0.15, -0.1) is 0 Å². The number of nitrogens with one attached hydrogen (secondary N) is 1. The van der Waals surface area contributed by atoms with Crippen molar-refractivity contribution >= 4 is 23.6 Å². The van der Waals surface area contributed by atoms with Gasteiger partial charge < -0.3 is 15.0 Å². The van der Waals surface area contributed by atoms with Crippen LogP contribution in [0.4, 0.5) is 4.79 Å². The van der Waals surface area contributed by atoms with Gasteiger partial charge in [-0.3, -0.25) is 4.79 Å². The molecule has 0 bridgehead atoms. The molecule has 1 aromatic heterocycles. The summed E-state index contributed by atoms with van der Waals surface area (Å²) in [4.78, 5) is 26.3. The second kappa shape index (κ2) is 9.10. The van der Waals surface area contributed by atoms with Crippen LogP contribution in [0.25, 0.3) is 5.69 Å². The van der Waals surface area contributed by atoms with E-state index >= 15 is 0 Å². The zero-order chi connectivity index (χ0) is 20.1. The van der Waals surface area contributed by atoms with Gasteiger partial charge in [0.2, 0.25) is 0 Å². The van der Waals surface area contributed by atoms with E-state index in [2.05, 4.69) is 10.4 Å². The lowest BCUT2D eigenvalue weighted by Crippen LogP contribution is -2.46. The largest absolute Gasteiger partial charge is 0.450 e. The summed E-state index contributed by atoms with van der Waals surface area (Å²) in [7, 11) is 0. The SMILES string of the molecule is CCOC(=O)N1CCC(NC(=O)c2cnn(-c3cccc(Cl)c3)c2CC)CC1. The third kappa shape index (κ3) is 4.47. The Labute approximate surface area is 169 Å². The maximum absolute atomic E-state index is 12.8. The summed E-state index contributed by atoms with van der Waals surface area (Å²) >= 11 is 6.08. The summed E-state index contributed by atoms with van der Waals surface area (Å²) in [6.07, 6.45) is 3.38. The molecule has 2 aromatic rings. The van der Waals surface area contributed by atoms with Gasteiger partial charge in [0, 0.05) is 24.2 Å². The average Bonchev–Trinajstić information content (AvgIpc) is 3.13. The number of halogens is 1. The number of nitrogens with zero attached hydrogens (tertiary/aromatic N) is 3. The van der Waals surface area contributed by atoms with Gasteiger partial charge >= 0.3 is 6.09 Å². The molecule has 3 rings (SSSR count). The van der Waals surface area contributed by atoms with E-state index in [4.69, 9.17) is 16.3 Å². The van der Waals surface area contributed by atoms with E-state index in [0.717, 1.165) is 11.4 Å². The first kappa shape index (κ1) is 20.2. The van der Waals surface area contributed by atoms with Gasteiger partial charge in [0.1, 0.15) is 0 Å². The van der Waals surface area contributed by atoms with Crippen LogP contribution in [0, 0.1) is 0 Å². The van der Waals surface area contributed by atoms with Crippen LogP contribution in [0.2, 0.25) is 5.02 Å². The van der Waals surface area contributed by atoms with Crippen LogP contribution in [-0.4, -0.2) is 52.4 Å². The number of piperidine rings is 1. The smallest absolute Gasteiger partial charge is 0.409 e. The number of benzene rings is 1. The molecule has 1 aromatic carbocycles. The molecule has 1 aliphatic heterocycles. The Morgan fingerprint density at radius 3 is 2.68 bits per heavy atom. The number of hydrogen-bond donors (Lipinski definition) is 1. The van der Waals surface area contributed by atoms with Crippen molar-refractivity contribution in [3.8, 4) is 5.69 Å². The predicted octanol–water partition coefficient (Wildman–Crippen LogP) is 3.44. The van der Waals surface area contributed by atoms with Crippen molar-refractivity contribution in [2.75, 3.05) is 19.7 Å². The van der Waals surface area contributed by atoms with E-state index < -0.39 is 0 Å². The minimum absolute atomic E-state index is 0.0254. The molecule has 0 radical (unpaired) electrons. The topological polar surface area (TPSA) is 76.5 Å². The number of carbonyl (C=O) groups is 2. The third-order valence-electron chi connectivity index (χ3n) is 4.86. The fraction of sp³-hybridized carbons (Fsp3) is 0.450. The van der Waals surface area contributed by atoms with Gasteiger partial charge in [-0.2, -0.15) is 5.10 Å². The molecule has 7 nitrogen and oxygen atoms in total. The highest BCUT2D eigenvalue weighted by molar-refractivity contribution is 6.30. The Hall–Kier alpha value is -2.54. The first-order chi connectivity index (χ1) is 13.5. The highest BCUT2D eigenvalue weighted by atomic mass is 35.5. The predicted molar refractivity (Wildman–Crippen MR) is 107 cm³/mol. The average molecular weight is 405 g/mol. The van der Waals surface area contributed by atoms with Crippen LogP contribution in [0.3, 0.4) is 0 Å². The first-order valence-corrected chi connectivity index (χ1v) is 9.96. The second-order valence-corrected chi connectivity index (χ2v) is 7.12. The summed E-state index contributed by atoms with van der Waals surface area (Å²) < 4.78 is 6.78. The molecule has 150 valence electrons. The minimum atomic E-state index is -0.289. The lowest BCUT2D eigenvalue weighted by molar-refractivity contribution is 0.0859. The van der Waals surface area contributed by atoms with Crippen LogP contribution in [-0.2, 0) is 11.2 Å². The van der Waals surface area contributed by atoms with Crippen molar-refractivity contribution in [3.05, 3.63) is 46.7 Å². The van der Waals surface area contributed by atoms with E-state index in [-0.39, 0.29) is 18.0 Å². The molecule has 0 aliphatic carbocycles. The number of hydrogen-bond acceptors (Lipinski definition) is 4. The van der Waals surface area contributed by atoms with Gasteiger partial charge in [-0.1, -0.05) is 24.6 Å². The molecule has 1 fully saturated rings. The Kier molecular flexibility index (Phi) is 6.57. The van der Waals surface area contributed by atoms with E-state index in [1.165, 1.54) is 0 Å². The number of likely N-dealkylation sites (tertiary alicyclic amines) is 1. The highest BCUT2D eigenvalue weighted by Crippen LogP contribution is 2.20. The van der Waals surface area contributed by atoms with Crippen LogP contribution >= 0.6 is 11.6 Å². The monoisotopic (exact) mass is 404 g/mol. The van der Waals surface area contributed by atoms with Crippen molar-refractivity contribution < 1.29 is 14.3 Å². The molecule has 2 heterocycles.